The summed E-state index contributed by atoms with van der Waals surface area (Å²) >= 11 is 3.38. The van der Waals surface area contributed by atoms with E-state index in [9.17, 15) is 18.0 Å². The molecule has 0 aliphatic heterocycles. The standard InChI is InChI=1S/C19H23BrN4O4S/c1-12-10-14(20)4-9-17(12)23-18(25)11-24(3)13(2)19(26)22-15-5-7-16(8-6-15)29(21,27)28/h4-10,13H,11H2,1-3H3,(H,22,26)(H,23,25)(H2,21,27,28)/t13-/m1/s1. The van der Waals surface area contributed by atoms with E-state index >= 15 is 0 Å². The molecule has 0 radical (unpaired) electrons. The zero-order valence-electron chi connectivity index (χ0n) is 16.3. The van der Waals surface area contributed by atoms with Crippen molar-refractivity contribution in [1.29, 1.82) is 0 Å². The van der Waals surface area contributed by atoms with E-state index in [1.54, 1.807) is 24.9 Å². The molecule has 2 rings (SSSR count). The van der Waals surface area contributed by atoms with E-state index in [1.165, 1.54) is 24.3 Å². The average Bonchev–Trinajstić information content (AvgIpc) is 2.63. The second kappa shape index (κ2) is 9.49. The highest BCUT2D eigenvalue weighted by molar-refractivity contribution is 9.10. The quantitative estimate of drug-likeness (QED) is 0.558. The van der Waals surface area contributed by atoms with Gasteiger partial charge in [-0.1, -0.05) is 15.9 Å². The van der Waals surface area contributed by atoms with Crippen molar-refractivity contribution in [2.75, 3.05) is 24.2 Å². The Balaban J connectivity index is 1.93. The van der Waals surface area contributed by atoms with Gasteiger partial charge in [0, 0.05) is 15.8 Å². The summed E-state index contributed by atoms with van der Waals surface area (Å²) in [6.07, 6.45) is 0. The molecule has 0 saturated heterocycles. The molecule has 0 fully saturated rings. The van der Waals surface area contributed by atoms with Crippen LogP contribution in [0, 0.1) is 6.92 Å². The Labute approximate surface area is 178 Å². The van der Waals surface area contributed by atoms with Crippen LogP contribution in [0.4, 0.5) is 11.4 Å². The monoisotopic (exact) mass is 482 g/mol. The molecule has 0 heterocycles. The van der Waals surface area contributed by atoms with Gasteiger partial charge in [0.2, 0.25) is 21.8 Å². The van der Waals surface area contributed by atoms with Crippen molar-refractivity contribution in [3.05, 3.63) is 52.5 Å². The Morgan fingerprint density at radius 3 is 2.31 bits per heavy atom. The summed E-state index contributed by atoms with van der Waals surface area (Å²) in [5.41, 5.74) is 2.06. The van der Waals surface area contributed by atoms with Crippen molar-refractivity contribution >= 4 is 49.1 Å². The van der Waals surface area contributed by atoms with Crippen molar-refractivity contribution < 1.29 is 18.0 Å². The van der Waals surface area contributed by atoms with Crippen molar-refractivity contribution in [1.82, 2.24) is 4.90 Å². The first-order chi connectivity index (χ1) is 13.5. The van der Waals surface area contributed by atoms with Crippen LogP contribution in [0.15, 0.2) is 51.8 Å². The highest BCUT2D eigenvalue weighted by atomic mass is 79.9. The van der Waals surface area contributed by atoms with E-state index in [2.05, 4.69) is 26.6 Å². The van der Waals surface area contributed by atoms with Crippen LogP contribution in [0.25, 0.3) is 0 Å². The number of primary sulfonamides is 1. The number of carbonyl (C=O) groups is 2. The number of amides is 2. The lowest BCUT2D eigenvalue weighted by Crippen LogP contribution is -2.43. The lowest BCUT2D eigenvalue weighted by molar-refractivity contribution is -0.122. The zero-order chi connectivity index (χ0) is 21.8. The average molecular weight is 483 g/mol. The van der Waals surface area contributed by atoms with E-state index in [1.807, 2.05) is 19.1 Å². The smallest absolute Gasteiger partial charge is 0.241 e. The van der Waals surface area contributed by atoms with Crippen LogP contribution in [0.2, 0.25) is 0 Å². The van der Waals surface area contributed by atoms with Crippen molar-refractivity contribution in [2.45, 2.75) is 24.8 Å². The molecule has 2 amide bonds. The van der Waals surface area contributed by atoms with Gasteiger partial charge in [0.25, 0.3) is 0 Å². The Hall–Kier alpha value is -2.27. The number of hydrogen-bond donors (Lipinski definition) is 3. The maximum atomic E-state index is 12.4. The van der Waals surface area contributed by atoms with Crippen LogP contribution in [-0.4, -0.2) is 44.8 Å². The van der Waals surface area contributed by atoms with Gasteiger partial charge >= 0.3 is 0 Å². The predicted octanol–water partition coefficient (Wildman–Crippen LogP) is 2.30. The fourth-order valence-corrected chi connectivity index (χ4v) is 3.49. The number of likely N-dealkylation sites (N-methyl/N-ethyl adjacent to an activating group) is 1. The maximum Gasteiger partial charge on any atom is 0.241 e. The molecule has 29 heavy (non-hydrogen) atoms. The topological polar surface area (TPSA) is 122 Å². The number of nitrogens with zero attached hydrogens (tertiary/aromatic N) is 1. The van der Waals surface area contributed by atoms with Gasteiger partial charge in [0.05, 0.1) is 17.5 Å². The molecule has 0 saturated carbocycles. The predicted molar refractivity (Wildman–Crippen MR) is 116 cm³/mol. The lowest BCUT2D eigenvalue weighted by atomic mass is 10.2. The van der Waals surface area contributed by atoms with Crippen molar-refractivity contribution in [3.63, 3.8) is 0 Å². The van der Waals surface area contributed by atoms with E-state index < -0.39 is 16.1 Å². The number of anilines is 2. The molecule has 156 valence electrons. The third-order valence-electron chi connectivity index (χ3n) is 4.35. The number of hydrogen-bond acceptors (Lipinski definition) is 5. The largest absolute Gasteiger partial charge is 0.325 e. The summed E-state index contributed by atoms with van der Waals surface area (Å²) in [4.78, 5) is 26.3. The molecule has 0 spiro atoms. The van der Waals surface area contributed by atoms with Gasteiger partial charge in [-0.05, 0) is 68.9 Å². The maximum absolute atomic E-state index is 12.4. The minimum absolute atomic E-state index is 0.0223. The van der Waals surface area contributed by atoms with Gasteiger partial charge in [-0.25, -0.2) is 13.6 Å². The fourth-order valence-electron chi connectivity index (χ4n) is 2.50. The Kier molecular flexibility index (Phi) is 7.53. The SMILES string of the molecule is Cc1cc(Br)ccc1NC(=O)CN(C)[C@H](C)C(=O)Nc1ccc(S(N)(=O)=O)cc1. The molecule has 0 bridgehead atoms. The second-order valence-corrected chi connectivity index (χ2v) is 9.13. The van der Waals surface area contributed by atoms with Crippen LogP contribution in [-0.2, 0) is 19.6 Å². The Morgan fingerprint density at radius 1 is 1.14 bits per heavy atom. The number of benzene rings is 2. The van der Waals surface area contributed by atoms with Gasteiger partial charge in [-0.3, -0.25) is 14.5 Å². The molecule has 10 heteroatoms. The molecule has 1 atom stereocenters. The number of halogens is 1. The number of carbonyl (C=O) groups excluding carboxylic acids is 2. The van der Waals surface area contributed by atoms with Gasteiger partial charge in [-0.15, -0.1) is 0 Å². The number of sulfonamides is 1. The van der Waals surface area contributed by atoms with E-state index in [0.29, 0.717) is 11.4 Å². The van der Waals surface area contributed by atoms with Gasteiger partial charge in [0.15, 0.2) is 0 Å². The molecular formula is C19H23BrN4O4S. The van der Waals surface area contributed by atoms with E-state index in [4.69, 9.17) is 5.14 Å². The summed E-state index contributed by atoms with van der Waals surface area (Å²) in [6, 6.07) is 10.5. The first-order valence-corrected chi connectivity index (χ1v) is 11.0. The van der Waals surface area contributed by atoms with Crippen LogP contribution in [0.1, 0.15) is 12.5 Å². The summed E-state index contributed by atoms with van der Waals surface area (Å²) in [5.74, 6) is -0.571. The molecular weight excluding hydrogens is 460 g/mol. The van der Waals surface area contributed by atoms with Crippen LogP contribution >= 0.6 is 15.9 Å². The van der Waals surface area contributed by atoms with Crippen LogP contribution < -0.4 is 15.8 Å². The first kappa shape index (κ1) is 23.0. The first-order valence-electron chi connectivity index (χ1n) is 8.67. The fraction of sp³-hybridized carbons (Fsp3) is 0.263. The molecule has 0 aliphatic rings. The van der Waals surface area contributed by atoms with Crippen LogP contribution in [0.3, 0.4) is 0 Å². The molecule has 0 unspecified atom stereocenters. The van der Waals surface area contributed by atoms with Gasteiger partial charge in [0.1, 0.15) is 0 Å². The zero-order valence-corrected chi connectivity index (χ0v) is 18.7. The highest BCUT2D eigenvalue weighted by Gasteiger charge is 2.21. The number of nitrogens with two attached hydrogens (primary N) is 1. The second-order valence-electron chi connectivity index (χ2n) is 6.66. The summed E-state index contributed by atoms with van der Waals surface area (Å²) in [7, 11) is -2.12. The normalized spacial score (nSPS) is 12.5. The number of nitrogens with one attached hydrogen (secondary N) is 2. The van der Waals surface area contributed by atoms with Gasteiger partial charge in [-0.2, -0.15) is 0 Å². The minimum Gasteiger partial charge on any atom is -0.325 e. The Morgan fingerprint density at radius 2 is 1.76 bits per heavy atom. The summed E-state index contributed by atoms with van der Waals surface area (Å²) in [6.45, 7) is 3.59. The highest BCUT2D eigenvalue weighted by Crippen LogP contribution is 2.20. The molecule has 0 aromatic heterocycles. The third kappa shape index (κ3) is 6.64. The van der Waals surface area contributed by atoms with E-state index in [-0.39, 0.29) is 23.3 Å². The van der Waals surface area contributed by atoms with Crippen molar-refractivity contribution in [3.8, 4) is 0 Å². The van der Waals surface area contributed by atoms with Crippen molar-refractivity contribution in [2.24, 2.45) is 5.14 Å². The van der Waals surface area contributed by atoms with E-state index in [0.717, 1.165) is 10.0 Å². The molecule has 8 nitrogen and oxygen atoms in total. The Bertz CT molecular complexity index is 1010. The third-order valence-corrected chi connectivity index (χ3v) is 5.77. The van der Waals surface area contributed by atoms with Crippen LogP contribution in [0.5, 0.6) is 0 Å². The van der Waals surface area contributed by atoms with Gasteiger partial charge < -0.3 is 10.6 Å². The number of aryl methyl sites for hydroxylation is 1. The minimum atomic E-state index is -3.79. The number of rotatable bonds is 7. The summed E-state index contributed by atoms with van der Waals surface area (Å²) in [5, 5.41) is 10.6. The summed E-state index contributed by atoms with van der Waals surface area (Å²) < 4.78 is 23.5. The lowest BCUT2D eigenvalue weighted by Gasteiger charge is -2.23. The molecule has 0 aliphatic carbocycles. The molecule has 4 N–H and O–H groups in total. The molecule has 2 aromatic carbocycles. The molecule has 2 aromatic rings.